The number of aliphatic imine (C=N–C) groups is 1. The maximum Gasteiger partial charge on any atom is 0.189 e. The van der Waals surface area contributed by atoms with Gasteiger partial charge in [-0.05, 0) is 20.3 Å². The van der Waals surface area contributed by atoms with E-state index in [2.05, 4.69) is 44.6 Å². The molecule has 0 aliphatic heterocycles. The Kier molecular flexibility index (Phi) is 4.57. The van der Waals surface area contributed by atoms with Crippen molar-refractivity contribution in [3.8, 4) is 0 Å². The van der Waals surface area contributed by atoms with E-state index in [9.17, 15) is 0 Å². The Morgan fingerprint density at radius 2 is 2.29 bits per heavy atom. The molecular formula is C13H25N3O. The van der Waals surface area contributed by atoms with Crippen LogP contribution in [0, 0.1) is 5.41 Å². The first-order valence-corrected chi connectivity index (χ1v) is 6.20. The number of nitrogens with one attached hydrogen (secondary N) is 1. The Morgan fingerprint density at radius 1 is 1.65 bits per heavy atom. The summed E-state index contributed by atoms with van der Waals surface area (Å²) in [6, 6.07) is 0.333. The van der Waals surface area contributed by atoms with Crippen molar-refractivity contribution in [1.29, 1.82) is 0 Å². The topological polar surface area (TPSA) is 59.6 Å². The van der Waals surface area contributed by atoms with Crippen molar-refractivity contribution in [2.45, 2.75) is 52.4 Å². The van der Waals surface area contributed by atoms with Crippen molar-refractivity contribution in [1.82, 2.24) is 5.32 Å². The zero-order chi connectivity index (χ0) is 13.1. The molecule has 1 saturated carbocycles. The minimum absolute atomic E-state index is 0.0958. The van der Waals surface area contributed by atoms with Gasteiger partial charge < -0.3 is 15.8 Å². The van der Waals surface area contributed by atoms with E-state index < -0.39 is 0 Å². The van der Waals surface area contributed by atoms with Gasteiger partial charge in [-0.1, -0.05) is 19.9 Å². The molecule has 98 valence electrons. The van der Waals surface area contributed by atoms with Gasteiger partial charge in [0.25, 0.3) is 0 Å². The summed E-state index contributed by atoms with van der Waals surface area (Å²) in [4.78, 5) is 4.14. The van der Waals surface area contributed by atoms with Gasteiger partial charge in [-0.25, -0.2) is 4.99 Å². The molecule has 4 nitrogen and oxygen atoms in total. The standard InChI is InChI=1S/C13H25N3O/c1-6-7-15-12(14)16-10-8-11(13(10,4)5)17-9(2)3/h6,9-11H,1,7-8H2,2-5H3,(H3,14,15,16). The molecule has 0 amide bonds. The summed E-state index contributed by atoms with van der Waals surface area (Å²) in [5.41, 5.74) is 5.88. The highest BCUT2D eigenvalue weighted by Gasteiger charge is 2.49. The molecule has 0 aromatic heterocycles. The quantitative estimate of drug-likeness (QED) is 0.436. The molecule has 1 fully saturated rings. The summed E-state index contributed by atoms with van der Waals surface area (Å²) >= 11 is 0. The molecule has 0 aromatic rings. The highest BCUT2D eigenvalue weighted by molar-refractivity contribution is 5.78. The zero-order valence-electron chi connectivity index (χ0n) is 11.4. The van der Waals surface area contributed by atoms with Crippen molar-refractivity contribution in [2.75, 3.05) is 6.54 Å². The summed E-state index contributed by atoms with van der Waals surface area (Å²) in [6.45, 7) is 12.7. The first kappa shape index (κ1) is 14.0. The van der Waals surface area contributed by atoms with Crippen molar-refractivity contribution in [2.24, 2.45) is 16.1 Å². The Bertz CT molecular complexity index is 297. The van der Waals surface area contributed by atoms with Crippen molar-refractivity contribution in [3.63, 3.8) is 0 Å². The Balaban J connectivity index is 2.46. The van der Waals surface area contributed by atoms with Gasteiger partial charge in [0.1, 0.15) is 0 Å². The maximum absolute atomic E-state index is 5.86. The van der Waals surface area contributed by atoms with E-state index in [1.807, 2.05) is 0 Å². The molecule has 0 heterocycles. The fourth-order valence-corrected chi connectivity index (χ4v) is 2.08. The number of hydrogen-bond acceptors (Lipinski definition) is 2. The second-order valence-corrected chi connectivity index (χ2v) is 5.44. The number of hydrogen-bond donors (Lipinski definition) is 2. The fraction of sp³-hybridized carbons (Fsp3) is 0.769. The molecule has 1 aliphatic rings. The molecule has 0 bridgehead atoms. The molecule has 0 radical (unpaired) electrons. The maximum atomic E-state index is 5.86. The van der Waals surface area contributed by atoms with Crippen LogP contribution in [0.3, 0.4) is 0 Å². The fourth-order valence-electron chi connectivity index (χ4n) is 2.08. The lowest BCUT2D eigenvalue weighted by atomic mass is 9.64. The van der Waals surface area contributed by atoms with Gasteiger partial charge >= 0.3 is 0 Å². The van der Waals surface area contributed by atoms with E-state index in [4.69, 9.17) is 10.5 Å². The summed E-state index contributed by atoms with van der Waals surface area (Å²) in [5, 5.41) is 3.24. The molecular weight excluding hydrogens is 214 g/mol. The van der Waals surface area contributed by atoms with Crippen LogP contribution in [0.4, 0.5) is 0 Å². The molecule has 0 spiro atoms. The molecule has 17 heavy (non-hydrogen) atoms. The van der Waals surface area contributed by atoms with Gasteiger partial charge in [-0.2, -0.15) is 0 Å². The zero-order valence-corrected chi connectivity index (χ0v) is 11.4. The molecule has 0 aromatic carbocycles. The van der Waals surface area contributed by atoms with Crippen LogP contribution >= 0.6 is 0 Å². The average molecular weight is 239 g/mol. The number of guanidine groups is 1. The highest BCUT2D eigenvalue weighted by Crippen LogP contribution is 2.43. The molecule has 2 atom stereocenters. The van der Waals surface area contributed by atoms with E-state index >= 15 is 0 Å². The van der Waals surface area contributed by atoms with Gasteiger partial charge in [-0.15, -0.1) is 6.58 Å². The van der Waals surface area contributed by atoms with E-state index in [1.54, 1.807) is 6.08 Å². The summed E-state index contributed by atoms with van der Waals surface area (Å²) in [6.07, 6.45) is 3.28. The van der Waals surface area contributed by atoms with Crippen LogP contribution in [0.2, 0.25) is 0 Å². The summed E-state index contributed by atoms with van der Waals surface area (Å²) in [5.74, 6) is 0.492. The monoisotopic (exact) mass is 239 g/mol. The second kappa shape index (κ2) is 5.54. The molecule has 1 rings (SSSR count). The lowest BCUT2D eigenvalue weighted by molar-refractivity contribution is -0.134. The van der Waals surface area contributed by atoms with Gasteiger partial charge in [0.05, 0.1) is 18.8 Å². The summed E-state index contributed by atoms with van der Waals surface area (Å²) < 4.78 is 5.86. The molecule has 1 aliphatic carbocycles. The Labute approximate surface area is 104 Å². The van der Waals surface area contributed by atoms with Crippen molar-refractivity contribution >= 4 is 5.96 Å². The predicted octanol–water partition coefficient (Wildman–Crippen LogP) is 1.67. The number of nitrogens with two attached hydrogens (primary N) is 1. The SMILES string of the molecule is C=CCN=C(N)NC1CC(OC(C)C)C1(C)C. The Morgan fingerprint density at radius 3 is 2.76 bits per heavy atom. The largest absolute Gasteiger partial charge is 0.375 e. The third-order valence-corrected chi connectivity index (χ3v) is 3.33. The predicted molar refractivity (Wildman–Crippen MR) is 72.0 cm³/mol. The lowest BCUT2D eigenvalue weighted by Crippen LogP contribution is -2.63. The second-order valence-electron chi connectivity index (χ2n) is 5.44. The van der Waals surface area contributed by atoms with Crippen LogP contribution in [0.5, 0.6) is 0 Å². The van der Waals surface area contributed by atoms with Gasteiger partial charge in [0.2, 0.25) is 0 Å². The minimum atomic E-state index is 0.0958. The van der Waals surface area contributed by atoms with Crippen LogP contribution in [-0.2, 0) is 4.74 Å². The summed E-state index contributed by atoms with van der Waals surface area (Å²) in [7, 11) is 0. The van der Waals surface area contributed by atoms with Crippen LogP contribution in [-0.4, -0.2) is 30.8 Å². The number of ether oxygens (including phenoxy) is 1. The van der Waals surface area contributed by atoms with Crippen LogP contribution in [0.15, 0.2) is 17.6 Å². The van der Waals surface area contributed by atoms with Gasteiger partial charge in [0.15, 0.2) is 5.96 Å². The van der Waals surface area contributed by atoms with Crippen LogP contribution < -0.4 is 11.1 Å². The van der Waals surface area contributed by atoms with E-state index in [0.29, 0.717) is 24.7 Å². The van der Waals surface area contributed by atoms with Gasteiger partial charge in [0, 0.05) is 11.5 Å². The lowest BCUT2D eigenvalue weighted by Gasteiger charge is -2.52. The number of nitrogens with zero attached hydrogens (tertiary/aromatic N) is 1. The normalized spacial score (nSPS) is 27.7. The third kappa shape index (κ3) is 3.46. The van der Waals surface area contributed by atoms with Crippen LogP contribution in [0.1, 0.15) is 34.1 Å². The van der Waals surface area contributed by atoms with Gasteiger partial charge in [-0.3, -0.25) is 0 Å². The Hall–Kier alpha value is -1.03. The van der Waals surface area contributed by atoms with E-state index in [0.717, 1.165) is 6.42 Å². The highest BCUT2D eigenvalue weighted by atomic mass is 16.5. The smallest absolute Gasteiger partial charge is 0.189 e. The average Bonchev–Trinajstić information content (AvgIpc) is 2.24. The first-order chi connectivity index (χ1) is 7.87. The first-order valence-electron chi connectivity index (χ1n) is 6.20. The van der Waals surface area contributed by atoms with E-state index in [1.165, 1.54) is 0 Å². The molecule has 3 N–H and O–H groups in total. The minimum Gasteiger partial charge on any atom is -0.375 e. The third-order valence-electron chi connectivity index (χ3n) is 3.33. The molecule has 0 saturated heterocycles. The molecule has 2 unspecified atom stereocenters. The van der Waals surface area contributed by atoms with Crippen LogP contribution in [0.25, 0.3) is 0 Å². The molecule has 4 heteroatoms. The van der Waals surface area contributed by atoms with E-state index in [-0.39, 0.29) is 11.5 Å². The van der Waals surface area contributed by atoms with Crippen molar-refractivity contribution in [3.05, 3.63) is 12.7 Å². The number of rotatable bonds is 5. The van der Waals surface area contributed by atoms with Crippen molar-refractivity contribution < 1.29 is 4.74 Å².